The summed E-state index contributed by atoms with van der Waals surface area (Å²) in [5.74, 6) is -1.00. The van der Waals surface area contributed by atoms with Crippen LogP contribution in [0.5, 0.6) is 0 Å². The first-order chi connectivity index (χ1) is 7.16. The van der Waals surface area contributed by atoms with Gasteiger partial charge in [0.1, 0.15) is 0 Å². The first kappa shape index (κ1) is 14.3. The molecule has 1 atom stereocenters. The van der Waals surface area contributed by atoms with Crippen LogP contribution >= 0.6 is 0 Å². The molecule has 0 aromatic heterocycles. The van der Waals surface area contributed by atoms with Crippen molar-refractivity contribution in [2.45, 2.75) is 18.9 Å². The van der Waals surface area contributed by atoms with Crippen LogP contribution in [0.2, 0.25) is 0 Å². The molecule has 6 nitrogen and oxygen atoms in total. The number of carbonyl (C=O) groups is 1. The van der Waals surface area contributed by atoms with E-state index in [1.165, 1.54) is 0 Å². The molecule has 0 aliphatic heterocycles. The summed E-state index contributed by atoms with van der Waals surface area (Å²) in [5, 5.41) is 28.8. The highest BCUT2D eigenvalue weighted by atomic mass is 16.5. The van der Waals surface area contributed by atoms with Gasteiger partial charge in [-0.15, -0.1) is 0 Å². The zero-order valence-corrected chi connectivity index (χ0v) is 8.69. The van der Waals surface area contributed by atoms with Gasteiger partial charge in [-0.25, -0.2) is 0 Å². The van der Waals surface area contributed by atoms with Crippen LogP contribution < -0.4 is 5.32 Å². The summed E-state index contributed by atoms with van der Waals surface area (Å²) >= 11 is 0. The SMILES string of the molecule is O=C(O)CC(O)CNCCCOCCO. The predicted octanol–water partition coefficient (Wildman–Crippen LogP) is -1.19. The van der Waals surface area contributed by atoms with Gasteiger partial charge in [-0.2, -0.15) is 0 Å². The predicted molar refractivity (Wildman–Crippen MR) is 53.7 cm³/mol. The molecule has 15 heavy (non-hydrogen) atoms. The van der Waals surface area contributed by atoms with Crippen molar-refractivity contribution < 1.29 is 24.9 Å². The highest BCUT2D eigenvalue weighted by molar-refractivity contribution is 5.67. The van der Waals surface area contributed by atoms with Crippen LogP contribution in [0, 0.1) is 0 Å². The lowest BCUT2D eigenvalue weighted by Gasteiger charge is -2.09. The fourth-order valence-corrected chi connectivity index (χ4v) is 1.01. The molecule has 4 N–H and O–H groups in total. The van der Waals surface area contributed by atoms with Crippen molar-refractivity contribution in [1.29, 1.82) is 0 Å². The van der Waals surface area contributed by atoms with Crippen molar-refractivity contribution in [2.24, 2.45) is 0 Å². The second kappa shape index (κ2) is 9.85. The summed E-state index contributed by atoms with van der Waals surface area (Å²) in [6.07, 6.45) is -0.325. The monoisotopic (exact) mass is 221 g/mol. The first-order valence-electron chi connectivity index (χ1n) is 4.96. The Morgan fingerprint density at radius 2 is 2.13 bits per heavy atom. The van der Waals surface area contributed by atoms with Gasteiger partial charge in [0.2, 0.25) is 0 Å². The van der Waals surface area contributed by atoms with E-state index in [1.54, 1.807) is 0 Å². The van der Waals surface area contributed by atoms with Crippen molar-refractivity contribution in [3.63, 3.8) is 0 Å². The number of aliphatic hydroxyl groups is 2. The summed E-state index contributed by atoms with van der Waals surface area (Å²) in [4.78, 5) is 10.2. The summed E-state index contributed by atoms with van der Waals surface area (Å²) in [6, 6.07) is 0. The molecule has 0 fully saturated rings. The Kier molecular flexibility index (Phi) is 9.40. The Labute approximate surface area is 88.9 Å². The van der Waals surface area contributed by atoms with Gasteiger partial charge in [0.15, 0.2) is 0 Å². The molecule has 0 aliphatic carbocycles. The van der Waals surface area contributed by atoms with E-state index in [2.05, 4.69) is 5.32 Å². The first-order valence-corrected chi connectivity index (χ1v) is 4.96. The number of carboxylic acids is 1. The van der Waals surface area contributed by atoms with Crippen LogP contribution in [0.1, 0.15) is 12.8 Å². The topological polar surface area (TPSA) is 99.0 Å². The van der Waals surface area contributed by atoms with Crippen LogP contribution in [0.4, 0.5) is 0 Å². The second-order valence-electron chi connectivity index (χ2n) is 3.15. The molecule has 0 saturated carbocycles. The average molecular weight is 221 g/mol. The van der Waals surface area contributed by atoms with E-state index in [9.17, 15) is 4.79 Å². The maximum Gasteiger partial charge on any atom is 0.306 e. The number of carboxylic acid groups (broad SMARTS) is 1. The highest BCUT2D eigenvalue weighted by Crippen LogP contribution is 1.89. The molecule has 0 aromatic rings. The molecule has 6 heteroatoms. The van der Waals surface area contributed by atoms with E-state index >= 15 is 0 Å². The second-order valence-corrected chi connectivity index (χ2v) is 3.15. The van der Waals surface area contributed by atoms with E-state index in [0.29, 0.717) is 19.8 Å². The molecular formula is C9H19NO5. The molecule has 0 heterocycles. The highest BCUT2D eigenvalue weighted by Gasteiger charge is 2.07. The Hall–Kier alpha value is -0.690. The number of aliphatic hydroxyl groups excluding tert-OH is 2. The van der Waals surface area contributed by atoms with Gasteiger partial charge in [0.05, 0.1) is 25.7 Å². The number of aliphatic carboxylic acids is 1. The van der Waals surface area contributed by atoms with Crippen molar-refractivity contribution in [3.05, 3.63) is 0 Å². The van der Waals surface area contributed by atoms with Crippen molar-refractivity contribution in [3.8, 4) is 0 Å². The van der Waals surface area contributed by atoms with Crippen LogP contribution in [0.3, 0.4) is 0 Å². The standard InChI is InChI=1S/C9H19NO5/c11-3-5-15-4-1-2-10-7-8(12)6-9(13)14/h8,10-12H,1-7H2,(H,13,14). The van der Waals surface area contributed by atoms with Gasteiger partial charge < -0.3 is 25.4 Å². The Bertz CT molecular complexity index is 165. The lowest BCUT2D eigenvalue weighted by Crippen LogP contribution is -2.29. The third-order valence-electron chi connectivity index (χ3n) is 1.67. The summed E-state index contributed by atoms with van der Waals surface area (Å²) in [7, 11) is 0. The number of hydrogen-bond acceptors (Lipinski definition) is 5. The molecule has 1 unspecified atom stereocenters. The average Bonchev–Trinajstić information content (AvgIpc) is 2.15. The third kappa shape index (κ3) is 11.2. The van der Waals surface area contributed by atoms with Crippen molar-refractivity contribution >= 4 is 5.97 Å². The maximum atomic E-state index is 10.2. The minimum absolute atomic E-state index is 0.0186. The summed E-state index contributed by atoms with van der Waals surface area (Å²) in [5.41, 5.74) is 0. The van der Waals surface area contributed by atoms with E-state index in [0.717, 1.165) is 6.42 Å². The maximum absolute atomic E-state index is 10.2. The van der Waals surface area contributed by atoms with Crippen molar-refractivity contribution in [2.75, 3.05) is 32.9 Å². The van der Waals surface area contributed by atoms with Gasteiger partial charge in [0.25, 0.3) is 0 Å². The lowest BCUT2D eigenvalue weighted by molar-refractivity contribution is -0.139. The lowest BCUT2D eigenvalue weighted by atomic mass is 10.2. The summed E-state index contributed by atoms with van der Waals surface area (Å²) in [6.45, 7) is 1.82. The smallest absolute Gasteiger partial charge is 0.306 e. The van der Waals surface area contributed by atoms with Crippen LogP contribution in [0.25, 0.3) is 0 Å². The molecule has 90 valence electrons. The Balaban J connectivity index is 3.13. The summed E-state index contributed by atoms with van der Waals surface area (Å²) < 4.78 is 5.01. The van der Waals surface area contributed by atoms with Gasteiger partial charge in [-0.3, -0.25) is 4.79 Å². The number of rotatable bonds is 10. The van der Waals surface area contributed by atoms with Crippen LogP contribution in [-0.2, 0) is 9.53 Å². The molecule has 0 spiro atoms. The molecule has 0 bridgehead atoms. The zero-order chi connectivity index (χ0) is 11.5. The molecule has 0 rings (SSSR count). The molecule has 0 aromatic carbocycles. The third-order valence-corrected chi connectivity index (χ3v) is 1.67. The number of nitrogens with one attached hydrogen (secondary N) is 1. The minimum atomic E-state index is -1.00. The molecule has 0 aliphatic rings. The molecule has 0 amide bonds. The van der Waals surface area contributed by atoms with Gasteiger partial charge in [0, 0.05) is 13.2 Å². The van der Waals surface area contributed by atoms with Gasteiger partial charge >= 0.3 is 5.97 Å². The van der Waals surface area contributed by atoms with Gasteiger partial charge in [-0.05, 0) is 13.0 Å². The fourth-order valence-electron chi connectivity index (χ4n) is 1.01. The Morgan fingerprint density at radius 3 is 2.73 bits per heavy atom. The van der Waals surface area contributed by atoms with Gasteiger partial charge in [-0.1, -0.05) is 0 Å². The van der Waals surface area contributed by atoms with E-state index in [1.807, 2.05) is 0 Å². The van der Waals surface area contributed by atoms with Crippen LogP contribution in [0.15, 0.2) is 0 Å². The molecule has 0 saturated heterocycles. The molecule has 0 radical (unpaired) electrons. The van der Waals surface area contributed by atoms with E-state index < -0.39 is 12.1 Å². The number of ether oxygens (including phenoxy) is 1. The van der Waals surface area contributed by atoms with Crippen molar-refractivity contribution in [1.82, 2.24) is 5.32 Å². The quantitative estimate of drug-likeness (QED) is 0.346. The fraction of sp³-hybridized carbons (Fsp3) is 0.889. The molecular weight excluding hydrogens is 202 g/mol. The van der Waals surface area contributed by atoms with Crippen LogP contribution in [-0.4, -0.2) is 60.3 Å². The minimum Gasteiger partial charge on any atom is -0.481 e. The number of hydrogen-bond donors (Lipinski definition) is 4. The largest absolute Gasteiger partial charge is 0.481 e. The normalized spacial score (nSPS) is 12.7. The zero-order valence-electron chi connectivity index (χ0n) is 8.69. The van der Waals surface area contributed by atoms with E-state index in [4.69, 9.17) is 20.1 Å². The Morgan fingerprint density at radius 1 is 1.40 bits per heavy atom. The van der Waals surface area contributed by atoms with E-state index in [-0.39, 0.29) is 19.6 Å².